The van der Waals surface area contributed by atoms with E-state index in [0.29, 0.717) is 12.2 Å². The van der Waals surface area contributed by atoms with Crippen molar-refractivity contribution in [2.24, 2.45) is 0 Å². The predicted molar refractivity (Wildman–Crippen MR) is 58.7 cm³/mol. The lowest BCUT2D eigenvalue weighted by Crippen LogP contribution is -2.28. The molecule has 4 heteroatoms. The van der Waals surface area contributed by atoms with Crippen LogP contribution in [0.25, 0.3) is 0 Å². The van der Waals surface area contributed by atoms with Crippen LogP contribution in [0.3, 0.4) is 0 Å². The van der Waals surface area contributed by atoms with Crippen molar-refractivity contribution in [2.75, 3.05) is 18.1 Å². The lowest BCUT2D eigenvalue weighted by atomic mass is 10.1. The van der Waals surface area contributed by atoms with Gasteiger partial charge in [0.2, 0.25) is 0 Å². The zero-order chi connectivity index (χ0) is 10.6. The Labute approximate surface area is 83.9 Å². The number of aliphatic hydroxyl groups excluding tert-OH is 1. The Morgan fingerprint density at radius 2 is 2.14 bits per heavy atom. The Bertz CT molecular complexity index is 301. The van der Waals surface area contributed by atoms with E-state index < -0.39 is 0 Å². The van der Waals surface area contributed by atoms with Crippen molar-refractivity contribution in [3.63, 3.8) is 0 Å². The average Bonchev–Trinajstić information content (AvgIpc) is 2.19. The Balaban J connectivity index is 2.62. The first kappa shape index (κ1) is 10.8. The second-order valence-corrected chi connectivity index (χ2v) is 3.42. The van der Waals surface area contributed by atoms with Gasteiger partial charge in [-0.25, -0.2) is 0 Å². The molecule has 0 amide bonds. The SMILES string of the molecule is CC(CO)NCc1cc(N)ccc1N. The summed E-state index contributed by atoms with van der Waals surface area (Å²) >= 11 is 0. The van der Waals surface area contributed by atoms with Crippen LogP contribution in [0, 0.1) is 0 Å². The van der Waals surface area contributed by atoms with Gasteiger partial charge in [-0.15, -0.1) is 0 Å². The number of nitrogens with two attached hydrogens (primary N) is 2. The van der Waals surface area contributed by atoms with Crippen LogP contribution < -0.4 is 16.8 Å². The molecule has 0 saturated heterocycles. The highest BCUT2D eigenvalue weighted by molar-refractivity contribution is 5.55. The summed E-state index contributed by atoms with van der Waals surface area (Å²) in [4.78, 5) is 0. The van der Waals surface area contributed by atoms with Crippen LogP contribution in [0.2, 0.25) is 0 Å². The second-order valence-electron chi connectivity index (χ2n) is 3.42. The normalized spacial score (nSPS) is 12.7. The molecule has 0 aliphatic heterocycles. The fourth-order valence-electron chi connectivity index (χ4n) is 1.13. The van der Waals surface area contributed by atoms with Gasteiger partial charge in [0.25, 0.3) is 0 Å². The third-order valence-corrected chi connectivity index (χ3v) is 2.08. The number of nitrogen functional groups attached to an aromatic ring is 2. The van der Waals surface area contributed by atoms with Gasteiger partial charge in [-0.05, 0) is 30.7 Å². The average molecular weight is 195 g/mol. The molecule has 78 valence electrons. The number of hydrogen-bond donors (Lipinski definition) is 4. The number of nitrogens with one attached hydrogen (secondary N) is 1. The summed E-state index contributed by atoms with van der Waals surface area (Å²) in [5, 5.41) is 11.9. The number of benzene rings is 1. The monoisotopic (exact) mass is 195 g/mol. The van der Waals surface area contributed by atoms with E-state index in [0.717, 1.165) is 11.3 Å². The fourth-order valence-corrected chi connectivity index (χ4v) is 1.13. The van der Waals surface area contributed by atoms with E-state index in [4.69, 9.17) is 16.6 Å². The minimum atomic E-state index is 0.0656. The minimum absolute atomic E-state index is 0.0656. The second kappa shape index (κ2) is 4.83. The third kappa shape index (κ3) is 2.90. The maximum atomic E-state index is 8.82. The molecule has 1 rings (SSSR count). The summed E-state index contributed by atoms with van der Waals surface area (Å²) in [5.41, 5.74) is 13.8. The molecule has 0 aliphatic carbocycles. The molecular formula is C10H17N3O. The van der Waals surface area contributed by atoms with E-state index >= 15 is 0 Å². The molecule has 0 heterocycles. The number of hydrogen-bond acceptors (Lipinski definition) is 4. The molecule has 0 aliphatic rings. The van der Waals surface area contributed by atoms with Crippen LogP contribution in [0.1, 0.15) is 12.5 Å². The van der Waals surface area contributed by atoms with Crippen LogP contribution in [0.15, 0.2) is 18.2 Å². The maximum absolute atomic E-state index is 8.82. The summed E-state index contributed by atoms with van der Waals surface area (Å²) in [6.45, 7) is 2.64. The van der Waals surface area contributed by atoms with Crippen molar-refractivity contribution in [3.8, 4) is 0 Å². The number of aliphatic hydroxyl groups is 1. The molecule has 1 aromatic rings. The summed E-state index contributed by atoms with van der Waals surface area (Å²) < 4.78 is 0. The molecular weight excluding hydrogens is 178 g/mol. The lowest BCUT2D eigenvalue weighted by Gasteiger charge is -2.12. The van der Waals surface area contributed by atoms with E-state index in [9.17, 15) is 0 Å². The Morgan fingerprint density at radius 1 is 1.43 bits per heavy atom. The standard InChI is InChI=1S/C10H17N3O/c1-7(6-14)13-5-8-4-9(11)2-3-10(8)12/h2-4,7,13-14H,5-6,11-12H2,1H3. The van der Waals surface area contributed by atoms with E-state index in [2.05, 4.69) is 5.32 Å². The van der Waals surface area contributed by atoms with E-state index in [-0.39, 0.29) is 12.6 Å². The van der Waals surface area contributed by atoms with E-state index in [1.807, 2.05) is 13.0 Å². The minimum Gasteiger partial charge on any atom is -0.399 e. The summed E-state index contributed by atoms with van der Waals surface area (Å²) in [6, 6.07) is 5.47. The van der Waals surface area contributed by atoms with Gasteiger partial charge in [0.15, 0.2) is 0 Å². The summed E-state index contributed by atoms with van der Waals surface area (Å²) in [7, 11) is 0. The van der Waals surface area contributed by atoms with E-state index in [1.54, 1.807) is 12.1 Å². The molecule has 0 bridgehead atoms. The van der Waals surface area contributed by atoms with Gasteiger partial charge in [-0.2, -0.15) is 0 Å². The van der Waals surface area contributed by atoms with Crippen LogP contribution >= 0.6 is 0 Å². The Hall–Kier alpha value is -1.26. The first-order valence-electron chi connectivity index (χ1n) is 4.61. The highest BCUT2D eigenvalue weighted by Gasteiger charge is 2.02. The molecule has 1 atom stereocenters. The van der Waals surface area contributed by atoms with Crippen LogP contribution in [-0.4, -0.2) is 17.8 Å². The van der Waals surface area contributed by atoms with Gasteiger partial charge in [0.1, 0.15) is 0 Å². The first-order valence-corrected chi connectivity index (χ1v) is 4.61. The third-order valence-electron chi connectivity index (χ3n) is 2.08. The van der Waals surface area contributed by atoms with E-state index in [1.165, 1.54) is 0 Å². The van der Waals surface area contributed by atoms with Gasteiger partial charge < -0.3 is 21.9 Å². The highest BCUT2D eigenvalue weighted by Crippen LogP contribution is 2.15. The quantitative estimate of drug-likeness (QED) is 0.521. The Kier molecular flexibility index (Phi) is 3.73. The molecule has 6 N–H and O–H groups in total. The van der Waals surface area contributed by atoms with Crippen LogP contribution in [0.5, 0.6) is 0 Å². The maximum Gasteiger partial charge on any atom is 0.0582 e. The number of anilines is 2. The van der Waals surface area contributed by atoms with Crippen molar-refractivity contribution in [2.45, 2.75) is 19.5 Å². The molecule has 0 spiro atoms. The largest absolute Gasteiger partial charge is 0.399 e. The molecule has 4 nitrogen and oxygen atoms in total. The summed E-state index contributed by atoms with van der Waals surface area (Å²) in [6.07, 6.45) is 0. The molecule has 0 radical (unpaired) electrons. The van der Waals surface area contributed by atoms with Crippen molar-refractivity contribution >= 4 is 11.4 Å². The van der Waals surface area contributed by atoms with Gasteiger partial charge in [0.05, 0.1) is 6.61 Å². The highest BCUT2D eigenvalue weighted by atomic mass is 16.3. The molecule has 0 saturated carbocycles. The van der Waals surface area contributed by atoms with Crippen LogP contribution in [-0.2, 0) is 6.54 Å². The van der Waals surface area contributed by atoms with Crippen LogP contribution in [0.4, 0.5) is 11.4 Å². The van der Waals surface area contributed by atoms with Crippen molar-refractivity contribution in [3.05, 3.63) is 23.8 Å². The summed E-state index contributed by atoms with van der Waals surface area (Å²) in [5.74, 6) is 0. The Morgan fingerprint density at radius 3 is 2.79 bits per heavy atom. The fraction of sp³-hybridized carbons (Fsp3) is 0.400. The lowest BCUT2D eigenvalue weighted by molar-refractivity contribution is 0.251. The van der Waals surface area contributed by atoms with Gasteiger partial charge >= 0.3 is 0 Å². The molecule has 1 unspecified atom stereocenters. The topological polar surface area (TPSA) is 84.3 Å². The van der Waals surface area contributed by atoms with Gasteiger partial charge in [-0.1, -0.05) is 0 Å². The molecule has 1 aromatic carbocycles. The van der Waals surface area contributed by atoms with Gasteiger partial charge in [0, 0.05) is 24.0 Å². The molecule has 14 heavy (non-hydrogen) atoms. The molecule has 0 fully saturated rings. The number of rotatable bonds is 4. The first-order chi connectivity index (χ1) is 6.63. The van der Waals surface area contributed by atoms with Crippen molar-refractivity contribution in [1.29, 1.82) is 0 Å². The zero-order valence-corrected chi connectivity index (χ0v) is 8.33. The molecule has 0 aromatic heterocycles. The van der Waals surface area contributed by atoms with Crippen molar-refractivity contribution < 1.29 is 5.11 Å². The van der Waals surface area contributed by atoms with Gasteiger partial charge in [-0.3, -0.25) is 0 Å². The van der Waals surface area contributed by atoms with Crippen molar-refractivity contribution in [1.82, 2.24) is 5.32 Å². The zero-order valence-electron chi connectivity index (χ0n) is 8.33. The predicted octanol–water partition coefficient (Wildman–Crippen LogP) is 0.321. The smallest absolute Gasteiger partial charge is 0.0582 e.